The van der Waals surface area contributed by atoms with Crippen molar-refractivity contribution in [2.45, 2.75) is 233 Å². The lowest BCUT2D eigenvalue weighted by molar-refractivity contribution is -0.127. The molecule has 304 valence electrons. The van der Waals surface area contributed by atoms with Gasteiger partial charge in [0.05, 0.1) is 26.4 Å². The van der Waals surface area contributed by atoms with Crippen LogP contribution < -0.4 is 0 Å². The Morgan fingerprint density at radius 1 is 0.250 bits per heavy atom. The quantitative estimate of drug-likeness (QED) is 0.0461. The smallest absolute Gasteiger partial charge is 0.270 e. The molecule has 0 N–H and O–H groups in total. The van der Waals surface area contributed by atoms with E-state index in [9.17, 15) is 9.59 Å². The van der Waals surface area contributed by atoms with Gasteiger partial charge in [-0.25, -0.2) is 0 Å². The fourth-order valence-corrected chi connectivity index (χ4v) is 6.78. The number of hydrogen-bond donors (Lipinski definition) is 0. The van der Waals surface area contributed by atoms with Crippen molar-refractivity contribution < 1.29 is 28.5 Å². The Balaban J connectivity index is 2.92. The standard InChI is InChI=1S/C46H84O6/c1-5-9-13-17-21-25-29-33-37-49-43-41(47)45(51-39-35-31-27-23-19-15-11-7-3)46(52-40-36-32-28-24-20-16-12-8-4)42(48)44(43)50-38-34-30-26-22-18-14-10-6-2/h5-40H2,1-4H3. The van der Waals surface area contributed by atoms with Crippen LogP contribution in [0.25, 0.3) is 0 Å². The first kappa shape index (κ1) is 48.0. The van der Waals surface area contributed by atoms with E-state index in [4.69, 9.17) is 18.9 Å². The van der Waals surface area contributed by atoms with Gasteiger partial charge in [0.1, 0.15) is 0 Å². The van der Waals surface area contributed by atoms with Gasteiger partial charge in [0, 0.05) is 0 Å². The van der Waals surface area contributed by atoms with Gasteiger partial charge in [0.25, 0.3) is 11.6 Å². The molecule has 0 unspecified atom stereocenters. The minimum Gasteiger partial charge on any atom is -0.486 e. The number of ketones is 2. The molecule has 6 nitrogen and oxygen atoms in total. The number of carbonyl (C=O) groups is 2. The molecule has 0 bridgehead atoms. The lowest BCUT2D eigenvalue weighted by atomic mass is 10.0. The second-order valence-electron chi connectivity index (χ2n) is 15.3. The van der Waals surface area contributed by atoms with Gasteiger partial charge in [-0.3, -0.25) is 9.59 Å². The summed E-state index contributed by atoms with van der Waals surface area (Å²) in [5.74, 6) is -0.766. The lowest BCUT2D eigenvalue weighted by Gasteiger charge is -2.24. The number of unbranched alkanes of at least 4 members (excludes halogenated alkanes) is 28. The van der Waals surface area contributed by atoms with Crippen LogP contribution in [0.3, 0.4) is 0 Å². The zero-order valence-electron chi connectivity index (χ0n) is 34.9. The van der Waals surface area contributed by atoms with Gasteiger partial charge in [-0.15, -0.1) is 0 Å². The molecule has 0 spiro atoms. The van der Waals surface area contributed by atoms with Gasteiger partial charge in [-0.05, 0) is 25.7 Å². The van der Waals surface area contributed by atoms with E-state index in [0.717, 1.165) is 77.0 Å². The summed E-state index contributed by atoms with van der Waals surface area (Å²) in [4.78, 5) is 28.1. The van der Waals surface area contributed by atoms with Crippen molar-refractivity contribution >= 4 is 11.6 Å². The predicted octanol–water partition coefficient (Wildman–Crippen LogP) is 14.2. The van der Waals surface area contributed by atoms with Crippen LogP contribution in [-0.2, 0) is 28.5 Å². The Morgan fingerprint density at radius 2 is 0.404 bits per heavy atom. The molecule has 0 atom stereocenters. The third-order valence-electron chi connectivity index (χ3n) is 10.2. The number of hydrogen-bond acceptors (Lipinski definition) is 6. The van der Waals surface area contributed by atoms with Crippen LogP contribution in [0.2, 0.25) is 0 Å². The van der Waals surface area contributed by atoms with E-state index in [1.165, 1.54) is 128 Å². The summed E-state index contributed by atoms with van der Waals surface area (Å²) in [6.07, 6.45) is 37.6. The van der Waals surface area contributed by atoms with Crippen LogP contribution in [0.1, 0.15) is 233 Å². The average Bonchev–Trinajstić information content (AvgIpc) is 3.15. The van der Waals surface area contributed by atoms with E-state index in [1.54, 1.807) is 0 Å². The molecular formula is C46H84O6. The first-order valence-electron chi connectivity index (χ1n) is 22.7. The Hall–Kier alpha value is -1.98. The molecule has 0 amide bonds. The molecule has 0 saturated heterocycles. The van der Waals surface area contributed by atoms with Crippen LogP contribution in [-0.4, -0.2) is 38.0 Å². The van der Waals surface area contributed by atoms with Crippen molar-refractivity contribution in [1.82, 2.24) is 0 Å². The second-order valence-corrected chi connectivity index (χ2v) is 15.3. The van der Waals surface area contributed by atoms with E-state index < -0.39 is 11.6 Å². The van der Waals surface area contributed by atoms with Crippen molar-refractivity contribution in [1.29, 1.82) is 0 Å². The van der Waals surface area contributed by atoms with Crippen molar-refractivity contribution in [2.75, 3.05) is 26.4 Å². The Kier molecular flexibility index (Phi) is 33.3. The molecule has 0 fully saturated rings. The summed E-state index contributed by atoms with van der Waals surface area (Å²) in [6, 6.07) is 0. The molecule has 6 heteroatoms. The minimum absolute atomic E-state index is 0.0119. The summed E-state index contributed by atoms with van der Waals surface area (Å²) in [6.45, 7) is 10.5. The third-order valence-corrected chi connectivity index (χ3v) is 10.2. The van der Waals surface area contributed by atoms with Gasteiger partial charge < -0.3 is 18.9 Å². The monoisotopic (exact) mass is 733 g/mol. The van der Waals surface area contributed by atoms with Crippen LogP contribution in [0.15, 0.2) is 23.0 Å². The fraction of sp³-hybridized carbons (Fsp3) is 0.870. The van der Waals surface area contributed by atoms with Crippen LogP contribution in [0.5, 0.6) is 0 Å². The van der Waals surface area contributed by atoms with Gasteiger partial charge in [-0.2, -0.15) is 0 Å². The van der Waals surface area contributed by atoms with Gasteiger partial charge in [0.15, 0.2) is 0 Å². The molecule has 1 aliphatic rings. The summed E-state index contributed by atoms with van der Waals surface area (Å²) >= 11 is 0. The number of rotatable bonds is 40. The molecule has 0 aliphatic heterocycles. The SMILES string of the molecule is CCCCCCCCCCOC1=C(OCCCCCCCCCC)C(=O)C(OCCCCCCCCCC)=C(OCCCCCCCCCC)C1=O. The largest absolute Gasteiger partial charge is 0.486 e. The minimum atomic E-state index is -0.407. The van der Waals surface area contributed by atoms with Crippen LogP contribution in [0, 0.1) is 0 Å². The highest BCUT2D eigenvalue weighted by molar-refractivity contribution is 6.22. The van der Waals surface area contributed by atoms with Crippen molar-refractivity contribution in [3.63, 3.8) is 0 Å². The molecular weight excluding hydrogens is 649 g/mol. The van der Waals surface area contributed by atoms with Gasteiger partial charge in [-0.1, -0.05) is 207 Å². The Labute approximate surface area is 322 Å². The Morgan fingerprint density at radius 3 is 0.577 bits per heavy atom. The molecule has 0 aromatic rings. The number of ether oxygens (including phenoxy) is 4. The summed E-state index contributed by atoms with van der Waals surface area (Å²) in [5, 5.41) is 0. The van der Waals surface area contributed by atoms with Crippen molar-refractivity contribution in [3.05, 3.63) is 23.0 Å². The van der Waals surface area contributed by atoms with Crippen molar-refractivity contribution in [2.24, 2.45) is 0 Å². The molecule has 0 heterocycles. The van der Waals surface area contributed by atoms with Crippen molar-refractivity contribution in [3.8, 4) is 0 Å². The van der Waals surface area contributed by atoms with Gasteiger partial charge >= 0.3 is 0 Å². The second kappa shape index (κ2) is 36.0. The normalized spacial score (nSPS) is 13.4. The molecule has 0 radical (unpaired) electrons. The summed E-state index contributed by atoms with van der Waals surface area (Å²) in [7, 11) is 0. The molecule has 0 aromatic carbocycles. The molecule has 0 saturated carbocycles. The zero-order chi connectivity index (χ0) is 37.7. The highest BCUT2D eigenvalue weighted by atomic mass is 16.5. The summed E-state index contributed by atoms with van der Waals surface area (Å²) < 4.78 is 24.6. The first-order chi connectivity index (χ1) is 25.6. The molecule has 52 heavy (non-hydrogen) atoms. The Bertz CT molecular complexity index is 780. The van der Waals surface area contributed by atoms with E-state index in [1.807, 2.05) is 0 Å². The van der Waals surface area contributed by atoms with Crippen LogP contribution in [0.4, 0.5) is 0 Å². The van der Waals surface area contributed by atoms with E-state index in [0.29, 0.717) is 26.4 Å². The van der Waals surface area contributed by atoms with E-state index >= 15 is 0 Å². The predicted molar refractivity (Wildman–Crippen MR) is 218 cm³/mol. The first-order valence-corrected chi connectivity index (χ1v) is 22.7. The maximum absolute atomic E-state index is 14.1. The number of Topliss-reactive ketones (excluding diaryl/α,β-unsaturated/α-hetero) is 2. The maximum Gasteiger partial charge on any atom is 0.270 e. The summed E-state index contributed by atoms with van der Waals surface area (Å²) in [5.41, 5.74) is 0. The third kappa shape index (κ3) is 24.4. The molecule has 1 rings (SSSR count). The lowest BCUT2D eigenvalue weighted by Crippen LogP contribution is -2.30. The fourth-order valence-electron chi connectivity index (χ4n) is 6.78. The van der Waals surface area contributed by atoms with E-state index in [-0.39, 0.29) is 23.0 Å². The average molecular weight is 733 g/mol. The zero-order valence-corrected chi connectivity index (χ0v) is 34.9. The molecule has 0 aromatic heterocycles. The van der Waals surface area contributed by atoms with Gasteiger partial charge in [0.2, 0.25) is 23.0 Å². The topological polar surface area (TPSA) is 71.1 Å². The highest BCUT2D eigenvalue weighted by Gasteiger charge is 2.40. The van der Waals surface area contributed by atoms with Crippen LogP contribution >= 0.6 is 0 Å². The highest BCUT2D eigenvalue weighted by Crippen LogP contribution is 2.29. The molecule has 1 aliphatic carbocycles. The maximum atomic E-state index is 14.1. The number of carbonyl (C=O) groups excluding carboxylic acids is 2. The van der Waals surface area contributed by atoms with E-state index in [2.05, 4.69) is 27.7 Å².